The van der Waals surface area contributed by atoms with Crippen LogP contribution in [0, 0.1) is 0 Å². The Morgan fingerprint density at radius 1 is 1.64 bits per heavy atom. The number of H-pyrrole nitrogens is 1. The summed E-state index contributed by atoms with van der Waals surface area (Å²) in [5.41, 5.74) is 1.13. The zero-order valence-corrected chi connectivity index (χ0v) is 7.00. The molecule has 0 aliphatic heterocycles. The molecule has 1 heterocycles. The minimum atomic E-state index is 0.318. The lowest BCUT2D eigenvalue weighted by molar-refractivity contribution is 0.0809. The Labute approximate surface area is 66.8 Å². The van der Waals surface area contributed by atoms with Crippen LogP contribution in [-0.2, 0) is 11.2 Å². The minimum Gasteiger partial charge on any atom is -0.378 e. The Balaban J connectivity index is 2.14. The Bertz CT molecular complexity index is 182. The molecular weight excluding hydrogens is 140 g/mol. The minimum absolute atomic E-state index is 0.318. The number of rotatable bonds is 4. The zero-order chi connectivity index (χ0) is 8.10. The Hall–Kier alpha value is -0.830. The van der Waals surface area contributed by atoms with Gasteiger partial charge in [0.05, 0.1) is 12.7 Å². The van der Waals surface area contributed by atoms with E-state index in [0.29, 0.717) is 6.10 Å². The summed E-state index contributed by atoms with van der Waals surface area (Å²) in [6, 6.07) is 1.96. The number of hydrogen-bond donors (Lipinski definition) is 1. The molecule has 3 heteroatoms. The summed E-state index contributed by atoms with van der Waals surface area (Å²) in [6.07, 6.45) is 2.99. The lowest BCUT2D eigenvalue weighted by Gasteiger charge is -2.05. The molecule has 1 rings (SSSR count). The van der Waals surface area contributed by atoms with Crippen LogP contribution in [0.1, 0.15) is 19.5 Å². The molecular formula is C8H14N2O. The summed E-state index contributed by atoms with van der Waals surface area (Å²) in [7, 11) is 0. The van der Waals surface area contributed by atoms with Crippen molar-refractivity contribution in [3.8, 4) is 0 Å². The van der Waals surface area contributed by atoms with Crippen molar-refractivity contribution in [3.05, 3.63) is 18.0 Å². The molecule has 0 atom stereocenters. The second kappa shape index (κ2) is 4.13. The third-order valence-corrected chi connectivity index (χ3v) is 1.38. The van der Waals surface area contributed by atoms with E-state index >= 15 is 0 Å². The highest BCUT2D eigenvalue weighted by Crippen LogP contribution is 1.95. The third kappa shape index (κ3) is 3.18. The van der Waals surface area contributed by atoms with Gasteiger partial charge in [-0.05, 0) is 19.9 Å². The van der Waals surface area contributed by atoms with E-state index in [0.717, 1.165) is 18.7 Å². The first-order valence-corrected chi connectivity index (χ1v) is 3.89. The standard InChI is InChI=1S/C8H14N2O/c1-7(2)11-6-4-8-3-5-9-10-8/h3,5,7H,4,6H2,1-2H3,(H,9,10). The van der Waals surface area contributed by atoms with Gasteiger partial charge in [0, 0.05) is 18.3 Å². The summed E-state index contributed by atoms with van der Waals surface area (Å²) in [6.45, 7) is 4.83. The number of hydrogen-bond acceptors (Lipinski definition) is 2. The van der Waals surface area contributed by atoms with Gasteiger partial charge in [-0.2, -0.15) is 5.10 Å². The summed E-state index contributed by atoms with van der Waals surface area (Å²) in [5, 5.41) is 6.72. The molecule has 1 aromatic rings. The van der Waals surface area contributed by atoms with E-state index in [-0.39, 0.29) is 0 Å². The Kier molecular flexibility index (Phi) is 3.11. The van der Waals surface area contributed by atoms with Gasteiger partial charge in [0.2, 0.25) is 0 Å². The number of aromatic amines is 1. The van der Waals surface area contributed by atoms with Crippen LogP contribution in [0.15, 0.2) is 12.3 Å². The average Bonchev–Trinajstić information content (AvgIpc) is 2.39. The van der Waals surface area contributed by atoms with Crippen LogP contribution in [0.4, 0.5) is 0 Å². The summed E-state index contributed by atoms with van der Waals surface area (Å²) in [4.78, 5) is 0. The predicted octanol–water partition coefficient (Wildman–Crippen LogP) is 1.38. The molecule has 0 saturated carbocycles. The van der Waals surface area contributed by atoms with Gasteiger partial charge < -0.3 is 4.74 Å². The van der Waals surface area contributed by atoms with Gasteiger partial charge in [-0.25, -0.2) is 0 Å². The van der Waals surface area contributed by atoms with E-state index in [1.54, 1.807) is 6.20 Å². The molecule has 0 unspecified atom stereocenters. The van der Waals surface area contributed by atoms with Gasteiger partial charge in [-0.15, -0.1) is 0 Å². The average molecular weight is 154 g/mol. The van der Waals surface area contributed by atoms with Gasteiger partial charge in [0.15, 0.2) is 0 Å². The molecule has 0 aliphatic carbocycles. The molecule has 0 bridgehead atoms. The molecule has 0 spiro atoms. The maximum atomic E-state index is 5.37. The molecule has 0 saturated heterocycles. The van der Waals surface area contributed by atoms with E-state index in [2.05, 4.69) is 10.2 Å². The molecule has 0 aromatic carbocycles. The first-order valence-electron chi connectivity index (χ1n) is 3.89. The van der Waals surface area contributed by atoms with E-state index < -0.39 is 0 Å². The van der Waals surface area contributed by atoms with E-state index in [1.807, 2.05) is 19.9 Å². The highest BCUT2D eigenvalue weighted by Gasteiger charge is 1.95. The first kappa shape index (κ1) is 8.27. The van der Waals surface area contributed by atoms with Crippen LogP contribution in [0.3, 0.4) is 0 Å². The fourth-order valence-electron chi connectivity index (χ4n) is 0.829. The smallest absolute Gasteiger partial charge is 0.0524 e. The zero-order valence-electron chi connectivity index (χ0n) is 7.00. The van der Waals surface area contributed by atoms with Crippen molar-refractivity contribution in [1.29, 1.82) is 0 Å². The van der Waals surface area contributed by atoms with Crippen LogP contribution >= 0.6 is 0 Å². The highest BCUT2D eigenvalue weighted by molar-refractivity contribution is 4.96. The topological polar surface area (TPSA) is 37.9 Å². The molecule has 62 valence electrons. The van der Waals surface area contributed by atoms with Crippen molar-refractivity contribution in [1.82, 2.24) is 10.2 Å². The maximum Gasteiger partial charge on any atom is 0.0524 e. The Morgan fingerprint density at radius 3 is 3.00 bits per heavy atom. The second-order valence-corrected chi connectivity index (χ2v) is 2.75. The van der Waals surface area contributed by atoms with Crippen LogP contribution < -0.4 is 0 Å². The van der Waals surface area contributed by atoms with Crippen molar-refractivity contribution in [3.63, 3.8) is 0 Å². The van der Waals surface area contributed by atoms with E-state index in [4.69, 9.17) is 4.74 Å². The molecule has 3 nitrogen and oxygen atoms in total. The lowest BCUT2D eigenvalue weighted by Crippen LogP contribution is -2.06. The number of ether oxygens (including phenoxy) is 1. The Morgan fingerprint density at radius 2 is 2.45 bits per heavy atom. The van der Waals surface area contributed by atoms with Crippen LogP contribution in [0.5, 0.6) is 0 Å². The van der Waals surface area contributed by atoms with Gasteiger partial charge in [0.1, 0.15) is 0 Å². The fraction of sp³-hybridized carbons (Fsp3) is 0.625. The van der Waals surface area contributed by atoms with Crippen LogP contribution in [0.25, 0.3) is 0 Å². The summed E-state index contributed by atoms with van der Waals surface area (Å²) in [5.74, 6) is 0. The second-order valence-electron chi connectivity index (χ2n) is 2.75. The quantitative estimate of drug-likeness (QED) is 0.711. The monoisotopic (exact) mass is 154 g/mol. The maximum absolute atomic E-state index is 5.37. The molecule has 0 amide bonds. The first-order chi connectivity index (χ1) is 5.29. The fourth-order valence-corrected chi connectivity index (χ4v) is 0.829. The molecule has 0 fully saturated rings. The van der Waals surface area contributed by atoms with Crippen LogP contribution in [-0.4, -0.2) is 22.9 Å². The third-order valence-electron chi connectivity index (χ3n) is 1.38. The largest absolute Gasteiger partial charge is 0.378 e. The van der Waals surface area contributed by atoms with Crippen molar-refractivity contribution in [2.24, 2.45) is 0 Å². The molecule has 0 radical (unpaired) electrons. The van der Waals surface area contributed by atoms with Crippen molar-refractivity contribution >= 4 is 0 Å². The molecule has 0 aliphatic rings. The van der Waals surface area contributed by atoms with Crippen molar-refractivity contribution < 1.29 is 4.74 Å². The highest BCUT2D eigenvalue weighted by atomic mass is 16.5. The number of nitrogens with zero attached hydrogens (tertiary/aromatic N) is 1. The molecule has 11 heavy (non-hydrogen) atoms. The predicted molar refractivity (Wildman–Crippen MR) is 43.4 cm³/mol. The van der Waals surface area contributed by atoms with Gasteiger partial charge >= 0.3 is 0 Å². The van der Waals surface area contributed by atoms with Gasteiger partial charge in [-0.1, -0.05) is 0 Å². The molecule has 1 N–H and O–H groups in total. The molecule has 1 aromatic heterocycles. The van der Waals surface area contributed by atoms with Crippen LogP contribution in [0.2, 0.25) is 0 Å². The normalized spacial score (nSPS) is 10.8. The van der Waals surface area contributed by atoms with Gasteiger partial charge in [-0.3, -0.25) is 5.10 Å². The van der Waals surface area contributed by atoms with Gasteiger partial charge in [0.25, 0.3) is 0 Å². The summed E-state index contributed by atoms with van der Waals surface area (Å²) < 4.78 is 5.37. The number of aromatic nitrogens is 2. The summed E-state index contributed by atoms with van der Waals surface area (Å²) >= 11 is 0. The van der Waals surface area contributed by atoms with Crippen molar-refractivity contribution in [2.45, 2.75) is 26.4 Å². The van der Waals surface area contributed by atoms with E-state index in [1.165, 1.54) is 0 Å². The SMILES string of the molecule is CC(C)OCCc1ccn[nH]1. The number of nitrogens with one attached hydrogen (secondary N) is 1. The van der Waals surface area contributed by atoms with E-state index in [9.17, 15) is 0 Å². The lowest BCUT2D eigenvalue weighted by atomic mass is 10.3. The van der Waals surface area contributed by atoms with Crippen molar-refractivity contribution in [2.75, 3.05) is 6.61 Å².